The lowest BCUT2D eigenvalue weighted by Crippen LogP contribution is -2.56. The summed E-state index contributed by atoms with van der Waals surface area (Å²) in [6.07, 6.45) is 6.50. The molecule has 1 atom stereocenters. The van der Waals surface area contributed by atoms with Crippen molar-refractivity contribution in [1.29, 1.82) is 0 Å². The molecular formula is C23H35NO2Si. The standard InChI is InChI=1S/C23H35NO2Si/c1-8-26-23(25)22-16-24(27(17(2)3,18(4)5)19(6)7)15-14-21(22)20-12-10-9-11-13-20/h9-19,21H,8H2,1-7H3. The van der Waals surface area contributed by atoms with E-state index in [-0.39, 0.29) is 11.9 Å². The molecule has 1 aromatic carbocycles. The third-order valence-electron chi connectivity index (χ3n) is 5.94. The number of hydrogen-bond acceptors (Lipinski definition) is 3. The molecule has 0 radical (unpaired) electrons. The van der Waals surface area contributed by atoms with Crippen LogP contribution in [0.3, 0.4) is 0 Å². The number of esters is 1. The van der Waals surface area contributed by atoms with Gasteiger partial charge in [0.05, 0.1) is 12.2 Å². The van der Waals surface area contributed by atoms with Gasteiger partial charge in [0, 0.05) is 12.1 Å². The molecule has 4 heteroatoms. The van der Waals surface area contributed by atoms with Gasteiger partial charge in [0.1, 0.15) is 0 Å². The van der Waals surface area contributed by atoms with Crippen LogP contribution in [0.4, 0.5) is 0 Å². The van der Waals surface area contributed by atoms with E-state index in [4.69, 9.17) is 4.74 Å². The number of nitrogens with zero attached hydrogens (tertiary/aromatic N) is 1. The second kappa shape index (κ2) is 8.92. The van der Waals surface area contributed by atoms with E-state index in [1.54, 1.807) is 0 Å². The molecule has 0 bridgehead atoms. The number of rotatable bonds is 7. The third-order valence-corrected chi connectivity index (χ3v) is 12.7. The molecule has 0 fully saturated rings. The molecule has 0 aromatic heterocycles. The maximum absolute atomic E-state index is 12.8. The molecule has 1 unspecified atom stereocenters. The lowest BCUT2D eigenvalue weighted by atomic mass is 9.90. The van der Waals surface area contributed by atoms with Crippen molar-refractivity contribution in [3.63, 3.8) is 0 Å². The van der Waals surface area contributed by atoms with Crippen molar-refractivity contribution in [1.82, 2.24) is 4.57 Å². The molecule has 1 aromatic rings. The molecule has 1 aliphatic heterocycles. The fourth-order valence-electron chi connectivity index (χ4n) is 5.04. The van der Waals surface area contributed by atoms with Gasteiger partial charge in [-0.25, -0.2) is 4.79 Å². The Balaban J connectivity index is 2.56. The topological polar surface area (TPSA) is 29.5 Å². The molecule has 1 aliphatic rings. The van der Waals surface area contributed by atoms with Crippen LogP contribution in [0.15, 0.2) is 54.4 Å². The van der Waals surface area contributed by atoms with Crippen LogP contribution < -0.4 is 0 Å². The second-order valence-corrected chi connectivity index (χ2v) is 14.0. The minimum Gasteiger partial charge on any atom is -0.463 e. The van der Waals surface area contributed by atoms with Gasteiger partial charge in [-0.2, -0.15) is 0 Å². The van der Waals surface area contributed by atoms with E-state index in [0.717, 1.165) is 11.1 Å². The lowest BCUT2D eigenvalue weighted by molar-refractivity contribution is -0.138. The van der Waals surface area contributed by atoms with Crippen LogP contribution >= 0.6 is 0 Å². The van der Waals surface area contributed by atoms with Crippen LogP contribution in [0.1, 0.15) is 59.9 Å². The summed E-state index contributed by atoms with van der Waals surface area (Å²) >= 11 is 0. The fourth-order valence-corrected chi connectivity index (χ4v) is 11.5. The largest absolute Gasteiger partial charge is 0.463 e. The number of hydrogen-bond donors (Lipinski definition) is 0. The zero-order valence-electron chi connectivity index (χ0n) is 17.9. The molecule has 0 amide bonds. The molecule has 3 nitrogen and oxygen atoms in total. The molecule has 0 saturated heterocycles. The Hall–Kier alpha value is -1.81. The summed E-state index contributed by atoms with van der Waals surface area (Å²) in [6, 6.07) is 10.2. The summed E-state index contributed by atoms with van der Waals surface area (Å²) < 4.78 is 7.84. The number of ether oxygens (including phenoxy) is 1. The van der Waals surface area contributed by atoms with Crippen molar-refractivity contribution in [3.05, 3.63) is 59.9 Å². The summed E-state index contributed by atoms with van der Waals surface area (Å²) in [5, 5.41) is 0. The minimum absolute atomic E-state index is 0.0558. The van der Waals surface area contributed by atoms with Crippen molar-refractivity contribution >= 4 is 14.2 Å². The number of carbonyl (C=O) groups excluding carboxylic acids is 1. The van der Waals surface area contributed by atoms with Gasteiger partial charge in [0.15, 0.2) is 8.24 Å². The second-order valence-electron chi connectivity index (χ2n) is 8.29. The Labute approximate surface area is 166 Å². The average Bonchev–Trinajstić information content (AvgIpc) is 2.62. The van der Waals surface area contributed by atoms with Gasteiger partial charge >= 0.3 is 5.97 Å². The Bertz CT molecular complexity index is 670. The summed E-state index contributed by atoms with van der Waals surface area (Å²) in [6.45, 7) is 16.3. The molecule has 2 rings (SSSR count). The van der Waals surface area contributed by atoms with Crippen LogP contribution in [-0.4, -0.2) is 25.4 Å². The predicted octanol–water partition coefficient (Wildman–Crippen LogP) is 6.22. The van der Waals surface area contributed by atoms with Gasteiger partial charge < -0.3 is 9.30 Å². The van der Waals surface area contributed by atoms with Crippen molar-refractivity contribution in [2.45, 2.75) is 71.0 Å². The highest BCUT2D eigenvalue weighted by Crippen LogP contribution is 2.46. The van der Waals surface area contributed by atoms with E-state index < -0.39 is 8.24 Å². The highest BCUT2D eigenvalue weighted by Gasteiger charge is 2.48. The first-order valence-electron chi connectivity index (χ1n) is 10.2. The molecule has 0 saturated carbocycles. The highest BCUT2D eigenvalue weighted by atomic mass is 28.3. The SMILES string of the molecule is CCOC(=O)C1=CN([Si](C(C)C)(C(C)C)C(C)C)C=CC1c1ccccc1. The van der Waals surface area contributed by atoms with E-state index in [9.17, 15) is 4.79 Å². The van der Waals surface area contributed by atoms with Crippen LogP contribution in [0, 0.1) is 0 Å². The van der Waals surface area contributed by atoms with Crippen LogP contribution in [0.25, 0.3) is 0 Å². The first-order valence-corrected chi connectivity index (χ1v) is 12.3. The van der Waals surface area contributed by atoms with E-state index in [2.05, 4.69) is 76.7 Å². The maximum Gasteiger partial charge on any atom is 0.336 e. The van der Waals surface area contributed by atoms with E-state index in [1.165, 1.54) is 0 Å². The molecular weight excluding hydrogens is 350 g/mol. The van der Waals surface area contributed by atoms with Crippen LogP contribution in [-0.2, 0) is 9.53 Å². The van der Waals surface area contributed by atoms with Gasteiger partial charge in [-0.1, -0.05) is 78.0 Å². The normalized spacial score (nSPS) is 17.6. The van der Waals surface area contributed by atoms with Gasteiger partial charge in [-0.3, -0.25) is 0 Å². The monoisotopic (exact) mass is 385 g/mol. The number of allylic oxidation sites excluding steroid dienone is 1. The van der Waals surface area contributed by atoms with E-state index >= 15 is 0 Å². The Kier molecular flexibility index (Phi) is 7.10. The molecule has 0 aliphatic carbocycles. The minimum atomic E-state index is -1.91. The summed E-state index contributed by atoms with van der Waals surface area (Å²) in [7, 11) is -1.91. The van der Waals surface area contributed by atoms with E-state index in [0.29, 0.717) is 23.2 Å². The van der Waals surface area contributed by atoms with Gasteiger partial charge in [0.25, 0.3) is 0 Å². The van der Waals surface area contributed by atoms with Gasteiger partial charge in [-0.05, 0) is 35.3 Å². The lowest BCUT2D eigenvalue weighted by Gasteiger charge is -2.50. The zero-order chi connectivity index (χ0) is 20.2. The molecule has 27 heavy (non-hydrogen) atoms. The Morgan fingerprint density at radius 2 is 1.59 bits per heavy atom. The molecule has 1 heterocycles. The third kappa shape index (κ3) is 4.05. The fraction of sp³-hybridized carbons (Fsp3) is 0.522. The smallest absolute Gasteiger partial charge is 0.336 e. The van der Waals surface area contributed by atoms with Crippen LogP contribution in [0.2, 0.25) is 16.6 Å². The first-order chi connectivity index (χ1) is 12.8. The van der Waals surface area contributed by atoms with Crippen molar-refractivity contribution in [2.24, 2.45) is 0 Å². The van der Waals surface area contributed by atoms with Crippen molar-refractivity contribution in [3.8, 4) is 0 Å². The molecule has 148 valence electrons. The maximum atomic E-state index is 12.8. The number of benzene rings is 1. The zero-order valence-corrected chi connectivity index (χ0v) is 18.9. The highest BCUT2D eigenvalue weighted by molar-refractivity contribution is 6.81. The Morgan fingerprint density at radius 1 is 1.04 bits per heavy atom. The summed E-state index contributed by atoms with van der Waals surface area (Å²) in [4.78, 5) is 12.8. The predicted molar refractivity (Wildman–Crippen MR) is 116 cm³/mol. The van der Waals surface area contributed by atoms with Crippen molar-refractivity contribution in [2.75, 3.05) is 6.61 Å². The summed E-state index contributed by atoms with van der Waals surface area (Å²) in [5.74, 6) is -0.264. The van der Waals surface area contributed by atoms with Crippen LogP contribution in [0.5, 0.6) is 0 Å². The summed E-state index contributed by atoms with van der Waals surface area (Å²) in [5.41, 5.74) is 3.56. The van der Waals surface area contributed by atoms with Gasteiger partial charge in [0.2, 0.25) is 0 Å². The molecule has 0 N–H and O–H groups in total. The first kappa shape index (κ1) is 21.5. The number of carbonyl (C=O) groups is 1. The van der Waals surface area contributed by atoms with E-state index in [1.807, 2.05) is 25.1 Å². The molecule has 0 spiro atoms. The van der Waals surface area contributed by atoms with Crippen molar-refractivity contribution < 1.29 is 9.53 Å². The average molecular weight is 386 g/mol. The Morgan fingerprint density at radius 3 is 2.07 bits per heavy atom. The van der Waals surface area contributed by atoms with Gasteiger partial charge in [-0.15, -0.1) is 0 Å². The quantitative estimate of drug-likeness (QED) is 0.412.